The maximum absolute atomic E-state index is 12.7. The van der Waals surface area contributed by atoms with E-state index >= 15 is 0 Å². The lowest BCUT2D eigenvalue weighted by Gasteiger charge is -2.43. The zero-order valence-electron chi connectivity index (χ0n) is 18.7. The highest BCUT2D eigenvalue weighted by Gasteiger charge is 2.38. The van der Waals surface area contributed by atoms with E-state index in [4.69, 9.17) is 9.47 Å². The number of morpholine rings is 1. The van der Waals surface area contributed by atoms with Gasteiger partial charge in [0.15, 0.2) is 0 Å². The van der Waals surface area contributed by atoms with Gasteiger partial charge in [0, 0.05) is 0 Å². The van der Waals surface area contributed by atoms with Crippen molar-refractivity contribution >= 4 is 6.09 Å². The molecule has 1 aromatic carbocycles. The van der Waals surface area contributed by atoms with Crippen LogP contribution >= 0.6 is 0 Å². The Kier molecular flexibility index (Phi) is 9.75. The van der Waals surface area contributed by atoms with Crippen molar-refractivity contribution in [3.63, 3.8) is 0 Å². The first-order valence-corrected chi connectivity index (χ1v) is 12.0. The molecule has 0 radical (unpaired) electrons. The predicted molar refractivity (Wildman–Crippen MR) is 121 cm³/mol. The molecule has 30 heavy (non-hydrogen) atoms. The summed E-state index contributed by atoms with van der Waals surface area (Å²) in [7, 11) is 0. The van der Waals surface area contributed by atoms with Crippen LogP contribution in [0.5, 0.6) is 0 Å². The summed E-state index contributed by atoms with van der Waals surface area (Å²) >= 11 is 0. The number of unbranched alkanes of at least 4 members (excludes halogenated alkanes) is 8. The Morgan fingerprint density at radius 1 is 1.00 bits per heavy atom. The van der Waals surface area contributed by atoms with Crippen molar-refractivity contribution in [2.24, 2.45) is 0 Å². The number of ether oxygens (including phenoxy) is 2. The molecule has 4 heteroatoms. The monoisotopic (exact) mass is 413 g/mol. The number of fused-ring (bicyclic) bond motifs is 2. The Hall–Kier alpha value is -1.81. The highest BCUT2D eigenvalue weighted by atomic mass is 16.6. The molecule has 3 rings (SSSR count). The number of amides is 1. The van der Waals surface area contributed by atoms with Gasteiger partial charge in [0.1, 0.15) is 6.61 Å². The van der Waals surface area contributed by atoms with E-state index in [2.05, 4.69) is 13.0 Å². The van der Waals surface area contributed by atoms with Gasteiger partial charge in [-0.3, -0.25) is 4.90 Å². The second-order valence-electron chi connectivity index (χ2n) is 8.81. The van der Waals surface area contributed by atoms with Crippen molar-refractivity contribution in [3.05, 3.63) is 47.5 Å². The van der Waals surface area contributed by atoms with Crippen LogP contribution < -0.4 is 0 Å². The molecule has 166 valence electrons. The third-order valence-electron chi connectivity index (χ3n) is 6.29. The highest BCUT2D eigenvalue weighted by Crippen LogP contribution is 2.30. The molecule has 0 aromatic heterocycles. The topological polar surface area (TPSA) is 38.8 Å². The van der Waals surface area contributed by atoms with Crippen LogP contribution in [0.3, 0.4) is 0 Å². The lowest BCUT2D eigenvalue weighted by molar-refractivity contribution is -0.0375. The summed E-state index contributed by atoms with van der Waals surface area (Å²) in [6.45, 7) is 3.79. The molecule has 0 N–H and O–H groups in total. The first-order valence-electron chi connectivity index (χ1n) is 12.0. The van der Waals surface area contributed by atoms with Gasteiger partial charge in [-0.1, -0.05) is 100 Å². The van der Waals surface area contributed by atoms with Gasteiger partial charge in [-0.15, -0.1) is 0 Å². The van der Waals surface area contributed by atoms with Gasteiger partial charge in [-0.05, 0) is 24.8 Å². The summed E-state index contributed by atoms with van der Waals surface area (Å²) < 4.78 is 11.3. The lowest BCUT2D eigenvalue weighted by Crippen LogP contribution is -2.56. The predicted octanol–water partition coefficient (Wildman–Crippen LogP) is 6.64. The van der Waals surface area contributed by atoms with E-state index < -0.39 is 0 Å². The number of rotatable bonds is 12. The largest absolute Gasteiger partial charge is 0.445 e. The quantitative estimate of drug-likeness (QED) is 0.285. The summed E-state index contributed by atoms with van der Waals surface area (Å²) in [6.07, 6.45) is 16.4. The minimum atomic E-state index is -0.212. The molecule has 2 bridgehead atoms. The van der Waals surface area contributed by atoms with Gasteiger partial charge in [0.25, 0.3) is 0 Å². The first-order chi connectivity index (χ1) is 14.8. The zero-order chi connectivity index (χ0) is 21.0. The SMILES string of the molecule is CCCCCCCCCCCC1=CC2COCC(C1)N2C(=O)OCc1ccccc1. The van der Waals surface area contributed by atoms with Gasteiger partial charge in [-0.2, -0.15) is 0 Å². The summed E-state index contributed by atoms with van der Waals surface area (Å²) in [6, 6.07) is 10.0. The van der Waals surface area contributed by atoms with Crippen molar-refractivity contribution in [1.82, 2.24) is 4.90 Å². The van der Waals surface area contributed by atoms with E-state index in [0.717, 1.165) is 18.4 Å². The molecular formula is C26H39NO3. The van der Waals surface area contributed by atoms with Crippen LogP contribution in [0, 0.1) is 0 Å². The maximum Gasteiger partial charge on any atom is 0.411 e. The number of carbonyl (C=O) groups is 1. The molecule has 1 amide bonds. The molecule has 2 aliphatic heterocycles. The summed E-state index contributed by atoms with van der Waals surface area (Å²) in [5.74, 6) is 0. The molecule has 1 saturated heterocycles. The number of hydrogen-bond acceptors (Lipinski definition) is 3. The fourth-order valence-electron chi connectivity index (χ4n) is 4.61. The minimum absolute atomic E-state index is 0.0225. The van der Waals surface area contributed by atoms with Crippen LogP contribution in [0.4, 0.5) is 4.79 Å². The molecule has 4 nitrogen and oxygen atoms in total. The van der Waals surface area contributed by atoms with Gasteiger partial charge in [-0.25, -0.2) is 4.79 Å². The standard InChI is InChI=1S/C26H39NO3/c1-2-3-4-5-6-7-8-9-11-16-23-17-24-20-29-21-25(18-23)27(24)26(28)30-19-22-14-12-10-13-15-22/h10,12-15,17,24-25H,2-9,11,16,18-21H2,1H3. The van der Waals surface area contributed by atoms with Gasteiger partial charge < -0.3 is 9.47 Å². The molecule has 2 unspecified atom stereocenters. The van der Waals surface area contributed by atoms with Crippen molar-refractivity contribution in [3.8, 4) is 0 Å². The van der Waals surface area contributed by atoms with Crippen LogP contribution in [0.2, 0.25) is 0 Å². The molecule has 2 atom stereocenters. The van der Waals surface area contributed by atoms with Crippen molar-refractivity contribution < 1.29 is 14.3 Å². The highest BCUT2D eigenvalue weighted by molar-refractivity contribution is 5.69. The van der Waals surface area contributed by atoms with Crippen LogP contribution in [0.25, 0.3) is 0 Å². The van der Waals surface area contributed by atoms with Gasteiger partial charge in [0.05, 0.1) is 25.3 Å². The smallest absolute Gasteiger partial charge is 0.411 e. The second-order valence-corrected chi connectivity index (χ2v) is 8.81. The average molecular weight is 414 g/mol. The van der Waals surface area contributed by atoms with Crippen LogP contribution in [-0.2, 0) is 16.1 Å². The lowest BCUT2D eigenvalue weighted by atomic mass is 9.91. The normalized spacial score (nSPS) is 20.7. The molecule has 1 fully saturated rings. The first kappa shape index (κ1) is 22.9. The van der Waals surface area contributed by atoms with E-state index in [9.17, 15) is 4.79 Å². The Balaban J connectivity index is 1.38. The van der Waals surface area contributed by atoms with Crippen LogP contribution in [-0.4, -0.2) is 36.3 Å². The molecule has 0 saturated carbocycles. The average Bonchev–Trinajstić information content (AvgIpc) is 2.76. The fraction of sp³-hybridized carbons (Fsp3) is 0.654. The zero-order valence-corrected chi connectivity index (χ0v) is 18.7. The molecule has 0 spiro atoms. The third-order valence-corrected chi connectivity index (χ3v) is 6.29. The van der Waals surface area contributed by atoms with Gasteiger partial charge in [0.2, 0.25) is 0 Å². The Labute approximate surface area is 182 Å². The van der Waals surface area contributed by atoms with E-state index in [1.54, 1.807) is 0 Å². The molecule has 0 aliphatic carbocycles. The van der Waals surface area contributed by atoms with Gasteiger partial charge >= 0.3 is 6.09 Å². The van der Waals surface area contributed by atoms with Crippen LogP contribution in [0.15, 0.2) is 42.0 Å². The van der Waals surface area contributed by atoms with Crippen LogP contribution in [0.1, 0.15) is 83.1 Å². The Morgan fingerprint density at radius 3 is 2.40 bits per heavy atom. The van der Waals surface area contributed by atoms with Crippen molar-refractivity contribution in [2.75, 3.05) is 13.2 Å². The maximum atomic E-state index is 12.7. The summed E-state index contributed by atoms with van der Waals surface area (Å²) in [4.78, 5) is 14.6. The summed E-state index contributed by atoms with van der Waals surface area (Å²) in [5.41, 5.74) is 2.52. The number of carbonyl (C=O) groups excluding carboxylic acids is 1. The van der Waals surface area contributed by atoms with Crippen molar-refractivity contribution in [1.29, 1.82) is 0 Å². The van der Waals surface area contributed by atoms with E-state index in [1.807, 2.05) is 35.2 Å². The second kappa shape index (κ2) is 12.8. The van der Waals surface area contributed by atoms with E-state index in [0.29, 0.717) is 19.8 Å². The summed E-state index contributed by atoms with van der Waals surface area (Å²) in [5, 5.41) is 0. The third kappa shape index (κ3) is 7.16. The fourth-order valence-corrected chi connectivity index (χ4v) is 4.61. The Bertz CT molecular complexity index is 658. The molecular weight excluding hydrogens is 374 g/mol. The minimum Gasteiger partial charge on any atom is -0.445 e. The Morgan fingerprint density at radius 2 is 1.70 bits per heavy atom. The van der Waals surface area contributed by atoms with Crippen molar-refractivity contribution in [2.45, 2.75) is 96.2 Å². The molecule has 2 heterocycles. The molecule has 1 aromatic rings. The number of hydrogen-bond donors (Lipinski definition) is 0. The molecule has 2 aliphatic rings. The number of nitrogens with zero attached hydrogens (tertiary/aromatic N) is 1. The number of benzene rings is 1. The van der Waals surface area contributed by atoms with E-state index in [1.165, 1.54) is 63.4 Å². The van der Waals surface area contributed by atoms with E-state index in [-0.39, 0.29) is 18.2 Å².